The van der Waals surface area contributed by atoms with Gasteiger partial charge in [-0.3, -0.25) is 23.5 Å². The van der Waals surface area contributed by atoms with Crippen molar-refractivity contribution in [2.75, 3.05) is 16.8 Å². The molecule has 1 aromatic carbocycles. The molecule has 10 heteroatoms. The lowest BCUT2D eigenvalue weighted by atomic mass is 9.94. The topological polar surface area (TPSA) is 121 Å². The molecule has 0 saturated carbocycles. The predicted octanol–water partition coefficient (Wildman–Crippen LogP) is 3.94. The van der Waals surface area contributed by atoms with Crippen LogP contribution in [-0.2, 0) is 11.8 Å². The van der Waals surface area contributed by atoms with Gasteiger partial charge in [-0.15, -0.1) is 0 Å². The van der Waals surface area contributed by atoms with Gasteiger partial charge in [0.25, 0.3) is 17.6 Å². The average molecular weight is 480 g/mol. The minimum Gasteiger partial charge on any atom is -0.344 e. The van der Waals surface area contributed by atoms with Crippen LogP contribution in [-0.4, -0.2) is 48.3 Å². The molecular formula is C23H30FN3O5S. The summed E-state index contributed by atoms with van der Waals surface area (Å²) in [6.45, 7) is 6.66. The van der Waals surface area contributed by atoms with Gasteiger partial charge in [-0.05, 0) is 69.9 Å². The number of carbonyl (C=O) groups excluding carboxylic acids is 3. The average Bonchev–Trinajstić information content (AvgIpc) is 2.95. The van der Waals surface area contributed by atoms with E-state index < -0.39 is 33.7 Å². The summed E-state index contributed by atoms with van der Waals surface area (Å²) in [4.78, 5) is 38.8. The van der Waals surface area contributed by atoms with Crippen molar-refractivity contribution in [1.82, 2.24) is 9.88 Å². The van der Waals surface area contributed by atoms with Crippen molar-refractivity contribution in [3.8, 4) is 0 Å². The fourth-order valence-electron chi connectivity index (χ4n) is 4.12. The maximum atomic E-state index is 13.5. The zero-order chi connectivity index (χ0) is 24.7. The van der Waals surface area contributed by atoms with Gasteiger partial charge < -0.3 is 15.2 Å². The van der Waals surface area contributed by atoms with Crippen LogP contribution >= 0.6 is 10.6 Å². The van der Waals surface area contributed by atoms with Gasteiger partial charge in [0.1, 0.15) is 5.82 Å². The van der Waals surface area contributed by atoms with E-state index in [9.17, 15) is 27.9 Å². The third-order valence-electron chi connectivity index (χ3n) is 6.37. The number of Topliss-reactive ketones (excluding diaryl/α,β-unsaturated/α-hetero) is 1. The molecule has 0 spiro atoms. The van der Waals surface area contributed by atoms with E-state index in [2.05, 4.69) is 10.6 Å². The third-order valence-corrected chi connectivity index (χ3v) is 8.09. The maximum Gasteiger partial charge on any atom is 0.294 e. The van der Waals surface area contributed by atoms with Crippen molar-refractivity contribution >= 4 is 33.9 Å². The van der Waals surface area contributed by atoms with Crippen molar-refractivity contribution in [1.29, 1.82) is 0 Å². The molecular weight excluding hydrogens is 449 g/mol. The molecule has 180 valence electrons. The summed E-state index contributed by atoms with van der Waals surface area (Å²) in [5.41, 5.74) is 1.35. The smallest absolute Gasteiger partial charge is 0.294 e. The highest BCUT2D eigenvalue weighted by atomic mass is 32.3. The number of ketones is 1. The summed E-state index contributed by atoms with van der Waals surface area (Å²) < 4.78 is 34.7. The number of benzene rings is 1. The first-order valence-electron chi connectivity index (χ1n) is 10.6. The van der Waals surface area contributed by atoms with Gasteiger partial charge >= 0.3 is 0 Å². The Morgan fingerprint density at radius 2 is 1.73 bits per heavy atom. The standard InChI is InChI=1S/C23H30FN3O5S/c1-13-12-16(6-7-17(13)24)25-21(29)18-14(2)19(27(5)15(18)3)20(28)22(30)26-23(4)8-10-33(31,32)11-9-23/h6-7,12,31-32H,8-11H2,1-5H3,(H,25,29)(H,26,30). The number of nitrogens with one attached hydrogen (secondary N) is 2. The van der Waals surface area contributed by atoms with Crippen molar-refractivity contribution in [2.45, 2.75) is 46.1 Å². The van der Waals surface area contributed by atoms with Gasteiger partial charge in [0.05, 0.1) is 11.3 Å². The first-order valence-corrected chi connectivity index (χ1v) is 12.5. The van der Waals surface area contributed by atoms with E-state index in [0.29, 0.717) is 35.3 Å². The molecule has 3 rings (SSSR count). The molecule has 4 N–H and O–H groups in total. The highest BCUT2D eigenvalue weighted by Gasteiger charge is 2.37. The normalized spacial score (nSPS) is 17.8. The van der Waals surface area contributed by atoms with Crippen LogP contribution < -0.4 is 10.6 Å². The van der Waals surface area contributed by atoms with Crippen LogP contribution in [0, 0.1) is 26.6 Å². The van der Waals surface area contributed by atoms with E-state index >= 15 is 0 Å². The Morgan fingerprint density at radius 1 is 1.12 bits per heavy atom. The molecule has 1 aliphatic rings. The first kappa shape index (κ1) is 24.9. The largest absolute Gasteiger partial charge is 0.344 e. The molecule has 0 bridgehead atoms. The van der Waals surface area contributed by atoms with Crippen LogP contribution in [0.15, 0.2) is 18.2 Å². The van der Waals surface area contributed by atoms with Gasteiger partial charge in [0.15, 0.2) is 0 Å². The van der Waals surface area contributed by atoms with E-state index in [4.69, 9.17) is 0 Å². The lowest BCUT2D eigenvalue weighted by Crippen LogP contribution is -2.52. The monoisotopic (exact) mass is 479 g/mol. The number of carbonyl (C=O) groups is 3. The SMILES string of the molecule is Cc1cc(NC(=O)c2c(C)c(C(=O)C(=O)NC3(C)CCS(O)(O)CC3)n(C)c2C)ccc1F. The second-order valence-electron chi connectivity index (χ2n) is 8.97. The van der Waals surface area contributed by atoms with Crippen molar-refractivity contribution in [2.24, 2.45) is 7.05 Å². The molecule has 1 aromatic heterocycles. The van der Waals surface area contributed by atoms with Crippen molar-refractivity contribution < 1.29 is 27.9 Å². The molecule has 1 aliphatic heterocycles. The van der Waals surface area contributed by atoms with Gasteiger partial charge in [0, 0.05) is 35.5 Å². The molecule has 0 aliphatic carbocycles. The number of halogens is 1. The Balaban J connectivity index is 1.82. The summed E-state index contributed by atoms with van der Waals surface area (Å²) in [6.07, 6.45) is 0.703. The van der Waals surface area contributed by atoms with E-state index in [1.807, 2.05) is 0 Å². The second kappa shape index (κ2) is 8.92. The van der Waals surface area contributed by atoms with E-state index in [0.717, 1.165) is 0 Å². The second-order valence-corrected chi connectivity index (χ2v) is 11.4. The van der Waals surface area contributed by atoms with Gasteiger partial charge in [-0.2, -0.15) is 10.6 Å². The Kier molecular flexibility index (Phi) is 6.74. The van der Waals surface area contributed by atoms with Gasteiger partial charge in [0.2, 0.25) is 0 Å². The van der Waals surface area contributed by atoms with Crippen LogP contribution in [0.4, 0.5) is 10.1 Å². The minimum absolute atomic E-state index is 0.106. The highest BCUT2D eigenvalue weighted by Crippen LogP contribution is 2.46. The lowest BCUT2D eigenvalue weighted by Gasteiger charge is -2.44. The molecule has 2 heterocycles. The molecule has 8 nitrogen and oxygen atoms in total. The summed E-state index contributed by atoms with van der Waals surface area (Å²) in [5.74, 6) is -2.07. The first-order chi connectivity index (χ1) is 15.2. The Bertz CT molecular complexity index is 1130. The van der Waals surface area contributed by atoms with E-state index in [-0.39, 0.29) is 28.6 Å². The van der Waals surface area contributed by atoms with Crippen molar-refractivity contribution in [3.63, 3.8) is 0 Å². The van der Waals surface area contributed by atoms with E-state index in [1.54, 1.807) is 34.7 Å². The number of rotatable bonds is 5. The lowest BCUT2D eigenvalue weighted by molar-refractivity contribution is -0.118. The number of nitrogens with zero attached hydrogens (tertiary/aromatic N) is 1. The maximum absolute atomic E-state index is 13.5. The zero-order valence-electron chi connectivity index (χ0n) is 19.4. The quantitative estimate of drug-likeness (QED) is 0.382. The number of hydrogen-bond acceptors (Lipinski definition) is 5. The van der Waals surface area contributed by atoms with Crippen molar-refractivity contribution in [3.05, 3.63) is 52.1 Å². The summed E-state index contributed by atoms with van der Waals surface area (Å²) in [5, 5.41) is 5.47. The minimum atomic E-state index is -2.62. The number of aromatic nitrogens is 1. The summed E-state index contributed by atoms with van der Waals surface area (Å²) in [7, 11) is -1.01. The van der Waals surface area contributed by atoms with Crippen LogP contribution in [0.1, 0.15) is 57.4 Å². The number of amides is 2. The van der Waals surface area contributed by atoms with Crippen LogP contribution in [0.3, 0.4) is 0 Å². The van der Waals surface area contributed by atoms with Gasteiger partial charge in [-0.25, -0.2) is 4.39 Å². The highest BCUT2D eigenvalue weighted by molar-refractivity contribution is 8.24. The summed E-state index contributed by atoms with van der Waals surface area (Å²) in [6, 6.07) is 4.23. The predicted molar refractivity (Wildman–Crippen MR) is 127 cm³/mol. The fourth-order valence-corrected chi connectivity index (χ4v) is 5.88. The zero-order valence-corrected chi connectivity index (χ0v) is 20.2. The molecule has 0 atom stereocenters. The molecule has 33 heavy (non-hydrogen) atoms. The molecule has 2 amide bonds. The van der Waals surface area contributed by atoms with Crippen LogP contribution in [0.5, 0.6) is 0 Å². The van der Waals surface area contributed by atoms with Gasteiger partial charge in [-0.1, -0.05) is 0 Å². The number of anilines is 1. The molecule has 0 radical (unpaired) electrons. The van der Waals surface area contributed by atoms with Crippen LogP contribution in [0.25, 0.3) is 0 Å². The third kappa shape index (κ3) is 5.13. The Morgan fingerprint density at radius 3 is 2.30 bits per heavy atom. The molecule has 0 unspecified atom stereocenters. The van der Waals surface area contributed by atoms with Crippen LogP contribution in [0.2, 0.25) is 0 Å². The molecule has 1 fully saturated rings. The number of hydrogen-bond donors (Lipinski definition) is 4. The number of aryl methyl sites for hydroxylation is 1. The Hall–Kier alpha value is -2.69. The molecule has 2 aromatic rings. The van der Waals surface area contributed by atoms with E-state index in [1.165, 1.54) is 22.8 Å². The fraction of sp³-hybridized carbons (Fsp3) is 0.435. The summed E-state index contributed by atoms with van der Waals surface area (Å²) >= 11 is 0. The molecule has 1 saturated heterocycles. The Labute approximate surface area is 193 Å².